The number of quaternary nitrogens is 1. The molecule has 0 saturated heterocycles. The van der Waals surface area contributed by atoms with Gasteiger partial charge in [0.1, 0.15) is 17.4 Å². The normalized spacial score (nSPS) is 13.9. The van der Waals surface area contributed by atoms with Crippen LogP contribution in [0.25, 0.3) is 0 Å². The number of rotatable bonds is 17. The lowest BCUT2D eigenvalue weighted by atomic mass is 10.1. The van der Waals surface area contributed by atoms with Gasteiger partial charge >= 0.3 is 0 Å². The van der Waals surface area contributed by atoms with Crippen LogP contribution < -0.4 is 27.0 Å². The molecular weight excluding hydrogens is 520 g/mol. The molecule has 1 heterocycles. The summed E-state index contributed by atoms with van der Waals surface area (Å²) in [7, 11) is -4.33. The molecule has 2 rings (SSSR count). The molecule has 1 aliphatic heterocycles. The van der Waals surface area contributed by atoms with E-state index in [1.54, 1.807) is 18.2 Å². The van der Waals surface area contributed by atoms with E-state index in [1.165, 1.54) is 30.1 Å². The standard InChI is InChI=1S/C27H40N6O5S/c1-2-9-23(28)11-5-3-4-6-13-26(34)30-16-17-31-27(35)22-14-15-25(32-19-22)33-20-29-18-21-10-7-8-12-24(21)39(36,37)38/h7-8,10-12,14-15,18,32-33H,2-6,9,13,16-17,19-20,28H2,1H3,(H,30,34)(H,31,35)(H,36,37,38)/p+1/b23-11-,29-18+. The Morgan fingerprint density at radius 2 is 1.87 bits per heavy atom. The van der Waals surface area contributed by atoms with Crippen LogP contribution in [0.15, 0.2) is 69.5 Å². The molecule has 0 aliphatic carbocycles. The molecule has 8 N–H and O–H groups in total. The Labute approximate surface area is 230 Å². The fourth-order valence-electron chi connectivity index (χ4n) is 3.78. The number of hydrogen-bond acceptors (Lipinski definition) is 7. The fourth-order valence-corrected chi connectivity index (χ4v) is 4.45. The number of carbonyl (C=O) groups excluding carboxylic acids is 2. The number of nitrogens with zero attached hydrogens (tertiary/aromatic N) is 1. The van der Waals surface area contributed by atoms with Gasteiger partial charge in [0.25, 0.3) is 10.1 Å². The zero-order valence-corrected chi connectivity index (χ0v) is 23.4. The monoisotopic (exact) mass is 561 g/mol. The molecule has 0 unspecified atom stereocenters. The lowest BCUT2D eigenvalue weighted by molar-refractivity contribution is -0.307. The van der Waals surface area contributed by atoms with Crippen molar-refractivity contribution in [1.29, 1.82) is 0 Å². The summed E-state index contributed by atoms with van der Waals surface area (Å²) in [6, 6.07) is 6.00. The minimum Gasteiger partial charge on any atom is -0.368 e. The van der Waals surface area contributed by atoms with Gasteiger partial charge in [0.05, 0.1) is 5.70 Å². The SMILES string of the molecule is CCC/C([NH3+])=C/CCCCCC(=O)NCCNC(=O)C1=CC=C(NC/N=C/c2ccccc2S(=O)(=O)O)NC1. The van der Waals surface area contributed by atoms with Gasteiger partial charge in [-0.25, -0.2) is 0 Å². The van der Waals surface area contributed by atoms with E-state index in [4.69, 9.17) is 0 Å². The predicted molar refractivity (Wildman–Crippen MR) is 151 cm³/mol. The molecule has 0 spiro atoms. The third kappa shape index (κ3) is 12.7. The minimum absolute atomic E-state index is 0.00930. The zero-order chi connectivity index (χ0) is 28.5. The van der Waals surface area contributed by atoms with E-state index in [-0.39, 0.29) is 28.9 Å². The van der Waals surface area contributed by atoms with Gasteiger partial charge in [-0.15, -0.1) is 0 Å². The highest BCUT2D eigenvalue weighted by Gasteiger charge is 2.14. The van der Waals surface area contributed by atoms with Gasteiger partial charge in [-0.2, -0.15) is 8.42 Å². The summed E-state index contributed by atoms with van der Waals surface area (Å²) < 4.78 is 32.1. The number of carbonyl (C=O) groups is 2. The summed E-state index contributed by atoms with van der Waals surface area (Å²) in [5.41, 5.74) is 6.04. The van der Waals surface area contributed by atoms with Crippen LogP contribution in [0.1, 0.15) is 57.4 Å². The zero-order valence-electron chi connectivity index (χ0n) is 22.5. The smallest absolute Gasteiger partial charge is 0.295 e. The van der Waals surface area contributed by atoms with Crippen LogP contribution in [0.5, 0.6) is 0 Å². The molecule has 1 aromatic rings. The molecule has 2 amide bonds. The van der Waals surface area contributed by atoms with Gasteiger partial charge in [0.2, 0.25) is 11.8 Å². The number of nitrogens with one attached hydrogen (secondary N) is 4. The minimum atomic E-state index is -4.33. The third-order valence-electron chi connectivity index (χ3n) is 5.85. The number of unbranched alkanes of at least 4 members (excludes halogenated alkanes) is 3. The van der Waals surface area contributed by atoms with Crippen LogP contribution in [0.3, 0.4) is 0 Å². The summed E-state index contributed by atoms with van der Waals surface area (Å²) >= 11 is 0. The number of dihydropyridines is 1. The molecule has 12 heteroatoms. The molecule has 0 atom stereocenters. The van der Waals surface area contributed by atoms with Crippen LogP contribution in [0.2, 0.25) is 0 Å². The Balaban J connectivity index is 1.62. The molecule has 1 aromatic carbocycles. The molecule has 0 radical (unpaired) electrons. The van der Waals surface area contributed by atoms with Crippen molar-refractivity contribution in [2.24, 2.45) is 4.99 Å². The maximum Gasteiger partial charge on any atom is 0.295 e. The molecule has 0 bridgehead atoms. The van der Waals surface area contributed by atoms with Crippen molar-refractivity contribution in [1.82, 2.24) is 21.3 Å². The summed E-state index contributed by atoms with van der Waals surface area (Å²) in [6.45, 7) is 3.32. The highest BCUT2D eigenvalue weighted by atomic mass is 32.2. The van der Waals surface area contributed by atoms with Crippen LogP contribution >= 0.6 is 0 Å². The van der Waals surface area contributed by atoms with Crippen molar-refractivity contribution in [3.05, 3.63) is 65.1 Å². The van der Waals surface area contributed by atoms with Crippen molar-refractivity contribution in [3.8, 4) is 0 Å². The number of amides is 2. The van der Waals surface area contributed by atoms with Crippen molar-refractivity contribution >= 4 is 28.1 Å². The predicted octanol–water partition coefficient (Wildman–Crippen LogP) is 1.38. The molecule has 0 aromatic heterocycles. The number of aliphatic imine (C=N–C) groups is 1. The second-order valence-electron chi connectivity index (χ2n) is 9.10. The first kappa shape index (κ1) is 31.7. The van der Waals surface area contributed by atoms with Crippen LogP contribution in [-0.2, 0) is 19.7 Å². The first-order valence-electron chi connectivity index (χ1n) is 13.2. The van der Waals surface area contributed by atoms with Gasteiger partial charge in [-0.1, -0.05) is 31.5 Å². The molecule has 1 aliphatic rings. The maximum absolute atomic E-state index is 12.4. The van der Waals surface area contributed by atoms with E-state index in [0.717, 1.165) is 38.5 Å². The number of benzene rings is 1. The lowest BCUT2D eigenvalue weighted by Crippen LogP contribution is -2.47. The highest BCUT2D eigenvalue weighted by molar-refractivity contribution is 7.86. The van der Waals surface area contributed by atoms with Crippen LogP contribution in [0, 0.1) is 0 Å². The van der Waals surface area contributed by atoms with Crippen LogP contribution in [0.4, 0.5) is 0 Å². The Morgan fingerprint density at radius 1 is 1.10 bits per heavy atom. The number of hydrogen-bond donors (Lipinski definition) is 6. The topological polar surface area (TPSA) is 177 Å². The first-order valence-corrected chi connectivity index (χ1v) is 14.7. The number of allylic oxidation sites excluding steroid dienone is 4. The molecule has 11 nitrogen and oxygen atoms in total. The molecule has 39 heavy (non-hydrogen) atoms. The molecule has 214 valence electrons. The highest BCUT2D eigenvalue weighted by Crippen LogP contribution is 2.13. The average molecular weight is 562 g/mol. The Kier molecular flexibility index (Phi) is 14.0. The quantitative estimate of drug-likeness (QED) is 0.0945. The molecule has 0 saturated carbocycles. The second-order valence-corrected chi connectivity index (χ2v) is 10.5. The van der Waals surface area contributed by atoms with Crippen molar-refractivity contribution < 1.29 is 28.3 Å². The van der Waals surface area contributed by atoms with Gasteiger partial charge in [-0.3, -0.25) is 19.1 Å². The van der Waals surface area contributed by atoms with Crippen molar-refractivity contribution in [2.45, 2.75) is 56.8 Å². The summed E-state index contributed by atoms with van der Waals surface area (Å²) in [5.74, 6) is 0.431. The van der Waals surface area contributed by atoms with Gasteiger partial charge in [0, 0.05) is 49.8 Å². The largest absolute Gasteiger partial charge is 0.368 e. The summed E-state index contributed by atoms with van der Waals surface area (Å²) in [5, 5.41) is 11.7. The van der Waals surface area contributed by atoms with E-state index in [0.29, 0.717) is 37.4 Å². The molecule has 0 fully saturated rings. The fraction of sp³-hybridized carbons (Fsp3) is 0.444. The van der Waals surface area contributed by atoms with E-state index in [9.17, 15) is 22.6 Å². The van der Waals surface area contributed by atoms with E-state index in [2.05, 4.69) is 45.0 Å². The van der Waals surface area contributed by atoms with Gasteiger partial charge < -0.3 is 27.0 Å². The molecular formula is C27H41N6O5S+. The Bertz CT molecular complexity index is 1190. The first-order chi connectivity index (χ1) is 18.7. The van der Waals surface area contributed by atoms with Crippen molar-refractivity contribution in [3.63, 3.8) is 0 Å². The van der Waals surface area contributed by atoms with E-state index < -0.39 is 10.1 Å². The Hall–Kier alpha value is -3.48. The van der Waals surface area contributed by atoms with E-state index >= 15 is 0 Å². The maximum atomic E-state index is 12.4. The Morgan fingerprint density at radius 3 is 2.59 bits per heavy atom. The average Bonchev–Trinajstić information content (AvgIpc) is 2.91. The second kappa shape index (κ2) is 17.2. The summed E-state index contributed by atoms with van der Waals surface area (Å²) in [4.78, 5) is 28.3. The van der Waals surface area contributed by atoms with E-state index in [1.807, 2.05) is 0 Å². The van der Waals surface area contributed by atoms with Crippen LogP contribution in [-0.4, -0.2) is 57.3 Å². The third-order valence-corrected chi connectivity index (χ3v) is 6.77. The van der Waals surface area contributed by atoms with Gasteiger partial charge in [0.15, 0.2) is 0 Å². The summed E-state index contributed by atoms with van der Waals surface area (Å²) in [6.07, 6.45) is 13.5. The van der Waals surface area contributed by atoms with Gasteiger partial charge in [-0.05, 0) is 50.0 Å². The van der Waals surface area contributed by atoms with Crippen molar-refractivity contribution in [2.75, 3.05) is 26.3 Å². The lowest BCUT2D eigenvalue weighted by Gasteiger charge is -2.17.